The van der Waals surface area contributed by atoms with E-state index < -0.39 is 12.0 Å². The predicted molar refractivity (Wildman–Crippen MR) is 112 cm³/mol. The molecule has 0 saturated carbocycles. The number of ether oxygens (including phenoxy) is 1. The van der Waals surface area contributed by atoms with Crippen LogP contribution >= 0.6 is 0 Å². The standard InChI is InChI=1S/C22H25N3O4/c1-14-3-8-19-18(11-14)15(13-24-19)9-10-23-20(22(27)28)12-21(26)25-16-4-6-17(29-2)7-5-16/h3-8,11,13,20,23-24H,9-10,12H2,1-2H3,(H,25,26)(H,27,28)/t20-/m0/s1. The molecule has 0 radical (unpaired) electrons. The van der Waals surface area contributed by atoms with Gasteiger partial charge in [-0.1, -0.05) is 11.6 Å². The van der Waals surface area contributed by atoms with E-state index >= 15 is 0 Å². The monoisotopic (exact) mass is 395 g/mol. The number of carboxylic acids is 1. The van der Waals surface area contributed by atoms with Crippen LogP contribution in [0.15, 0.2) is 48.7 Å². The Hall–Kier alpha value is -3.32. The van der Waals surface area contributed by atoms with Crippen LogP contribution in [0.5, 0.6) is 5.75 Å². The molecule has 0 aliphatic rings. The van der Waals surface area contributed by atoms with Gasteiger partial charge in [0, 0.05) is 29.3 Å². The van der Waals surface area contributed by atoms with Crippen LogP contribution in [-0.4, -0.2) is 41.7 Å². The Balaban J connectivity index is 1.54. The number of fused-ring (bicyclic) bond motifs is 1. The number of hydrogen-bond donors (Lipinski definition) is 4. The van der Waals surface area contributed by atoms with Crippen molar-refractivity contribution < 1.29 is 19.4 Å². The average Bonchev–Trinajstić information content (AvgIpc) is 3.09. The zero-order chi connectivity index (χ0) is 20.8. The second kappa shape index (κ2) is 9.25. The molecule has 1 heterocycles. The molecule has 1 amide bonds. The molecule has 0 unspecified atom stereocenters. The molecule has 0 bridgehead atoms. The van der Waals surface area contributed by atoms with Crippen molar-refractivity contribution in [3.8, 4) is 5.75 Å². The molecule has 7 heteroatoms. The Kier molecular flexibility index (Phi) is 6.51. The van der Waals surface area contributed by atoms with Crippen LogP contribution in [0.25, 0.3) is 10.9 Å². The summed E-state index contributed by atoms with van der Waals surface area (Å²) in [5, 5.41) is 16.3. The molecule has 0 aliphatic heterocycles. The average molecular weight is 395 g/mol. The zero-order valence-corrected chi connectivity index (χ0v) is 16.5. The van der Waals surface area contributed by atoms with Crippen molar-refractivity contribution in [2.45, 2.75) is 25.8 Å². The first-order valence-electron chi connectivity index (χ1n) is 9.43. The minimum Gasteiger partial charge on any atom is -0.497 e. The van der Waals surface area contributed by atoms with Gasteiger partial charge in [-0.2, -0.15) is 0 Å². The summed E-state index contributed by atoms with van der Waals surface area (Å²) in [4.78, 5) is 27.0. The lowest BCUT2D eigenvalue weighted by molar-refractivity contribution is -0.141. The second-order valence-corrected chi connectivity index (χ2v) is 6.94. The summed E-state index contributed by atoms with van der Waals surface area (Å²) >= 11 is 0. The van der Waals surface area contributed by atoms with E-state index in [1.165, 1.54) is 5.56 Å². The third-order valence-corrected chi connectivity index (χ3v) is 4.77. The molecule has 7 nitrogen and oxygen atoms in total. The van der Waals surface area contributed by atoms with Gasteiger partial charge in [0.2, 0.25) is 5.91 Å². The molecule has 0 spiro atoms. The molecule has 3 aromatic rings. The van der Waals surface area contributed by atoms with Gasteiger partial charge >= 0.3 is 5.97 Å². The van der Waals surface area contributed by atoms with E-state index in [0.717, 1.165) is 16.5 Å². The third-order valence-electron chi connectivity index (χ3n) is 4.77. The Bertz CT molecular complexity index is 995. The van der Waals surface area contributed by atoms with Crippen molar-refractivity contribution in [3.63, 3.8) is 0 Å². The molecular weight excluding hydrogens is 370 g/mol. The summed E-state index contributed by atoms with van der Waals surface area (Å²) in [6.45, 7) is 2.49. The van der Waals surface area contributed by atoms with E-state index in [1.807, 2.05) is 25.3 Å². The van der Waals surface area contributed by atoms with Crippen molar-refractivity contribution in [1.82, 2.24) is 10.3 Å². The molecule has 0 saturated heterocycles. The number of aliphatic carboxylic acids is 1. The molecule has 4 N–H and O–H groups in total. The fourth-order valence-electron chi connectivity index (χ4n) is 3.20. The number of carbonyl (C=O) groups is 2. The first-order chi connectivity index (χ1) is 14.0. The molecule has 0 aliphatic carbocycles. The SMILES string of the molecule is COc1ccc(NC(=O)C[C@H](NCCc2c[nH]c3ccc(C)cc23)C(=O)O)cc1. The number of amides is 1. The van der Waals surface area contributed by atoms with Crippen LogP contribution in [0.1, 0.15) is 17.5 Å². The smallest absolute Gasteiger partial charge is 0.321 e. The number of H-pyrrole nitrogens is 1. The number of aromatic amines is 1. The number of benzene rings is 2. The molecule has 1 aromatic heterocycles. The maximum atomic E-state index is 12.2. The topological polar surface area (TPSA) is 103 Å². The summed E-state index contributed by atoms with van der Waals surface area (Å²) in [7, 11) is 1.56. The van der Waals surface area contributed by atoms with E-state index in [-0.39, 0.29) is 12.3 Å². The van der Waals surface area contributed by atoms with Crippen molar-refractivity contribution in [2.24, 2.45) is 0 Å². The van der Waals surface area contributed by atoms with Gasteiger partial charge in [0.05, 0.1) is 13.5 Å². The van der Waals surface area contributed by atoms with Gasteiger partial charge in [0.15, 0.2) is 0 Å². The first-order valence-corrected chi connectivity index (χ1v) is 9.43. The Morgan fingerprint density at radius 3 is 2.62 bits per heavy atom. The number of aromatic nitrogens is 1. The van der Waals surface area contributed by atoms with Gasteiger partial charge in [-0.3, -0.25) is 9.59 Å². The van der Waals surface area contributed by atoms with Crippen LogP contribution < -0.4 is 15.4 Å². The van der Waals surface area contributed by atoms with Crippen LogP contribution in [0, 0.1) is 6.92 Å². The Labute approximate surface area is 169 Å². The third kappa shape index (κ3) is 5.36. The van der Waals surface area contributed by atoms with Crippen LogP contribution in [0.3, 0.4) is 0 Å². The number of nitrogens with one attached hydrogen (secondary N) is 3. The fourth-order valence-corrected chi connectivity index (χ4v) is 3.20. The van der Waals surface area contributed by atoms with Crippen molar-refractivity contribution >= 4 is 28.5 Å². The number of hydrogen-bond acceptors (Lipinski definition) is 4. The van der Waals surface area contributed by atoms with Crippen LogP contribution in [0.2, 0.25) is 0 Å². The van der Waals surface area contributed by atoms with Crippen LogP contribution in [0.4, 0.5) is 5.69 Å². The number of aryl methyl sites for hydroxylation is 1. The van der Waals surface area contributed by atoms with E-state index in [2.05, 4.69) is 21.7 Å². The number of methoxy groups -OCH3 is 1. The van der Waals surface area contributed by atoms with Gasteiger partial charge in [0.1, 0.15) is 11.8 Å². The van der Waals surface area contributed by atoms with Crippen molar-refractivity contribution in [3.05, 3.63) is 59.8 Å². The van der Waals surface area contributed by atoms with E-state index in [4.69, 9.17) is 4.74 Å². The number of anilines is 1. The zero-order valence-electron chi connectivity index (χ0n) is 16.5. The lowest BCUT2D eigenvalue weighted by Crippen LogP contribution is -2.40. The summed E-state index contributed by atoms with van der Waals surface area (Å²) in [5.74, 6) is -0.733. The molecule has 29 heavy (non-hydrogen) atoms. The normalized spacial score (nSPS) is 11.9. The quantitative estimate of drug-likeness (QED) is 0.446. The first kappa shape index (κ1) is 20.4. The number of carbonyl (C=O) groups excluding carboxylic acids is 1. The highest BCUT2D eigenvalue weighted by atomic mass is 16.5. The molecule has 0 fully saturated rings. The highest BCUT2D eigenvalue weighted by Crippen LogP contribution is 2.20. The molecular formula is C22H25N3O4. The molecule has 1 atom stereocenters. The highest BCUT2D eigenvalue weighted by Gasteiger charge is 2.20. The van der Waals surface area contributed by atoms with E-state index in [0.29, 0.717) is 24.4 Å². The van der Waals surface area contributed by atoms with E-state index in [1.54, 1.807) is 31.4 Å². The lowest BCUT2D eigenvalue weighted by atomic mass is 10.1. The number of rotatable bonds is 9. The second-order valence-electron chi connectivity index (χ2n) is 6.94. The largest absolute Gasteiger partial charge is 0.497 e. The maximum Gasteiger partial charge on any atom is 0.321 e. The summed E-state index contributed by atoms with van der Waals surface area (Å²) in [6.07, 6.45) is 2.44. The minimum absolute atomic E-state index is 0.158. The Morgan fingerprint density at radius 2 is 1.93 bits per heavy atom. The van der Waals surface area contributed by atoms with Gasteiger partial charge in [-0.25, -0.2) is 0 Å². The summed E-state index contributed by atoms with van der Waals surface area (Å²) < 4.78 is 5.08. The summed E-state index contributed by atoms with van der Waals surface area (Å²) in [5.41, 5.74) is 3.93. The van der Waals surface area contributed by atoms with E-state index in [9.17, 15) is 14.7 Å². The number of carboxylic acid groups (broad SMARTS) is 1. The van der Waals surface area contributed by atoms with Gasteiger partial charge in [-0.05, 0) is 55.3 Å². The van der Waals surface area contributed by atoms with Crippen LogP contribution in [-0.2, 0) is 16.0 Å². The molecule has 152 valence electrons. The molecule has 2 aromatic carbocycles. The lowest BCUT2D eigenvalue weighted by Gasteiger charge is -2.14. The van der Waals surface area contributed by atoms with Crippen molar-refractivity contribution in [1.29, 1.82) is 0 Å². The summed E-state index contributed by atoms with van der Waals surface area (Å²) in [6, 6.07) is 12.1. The fraction of sp³-hybridized carbons (Fsp3) is 0.273. The van der Waals surface area contributed by atoms with Gasteiger partial charge in [-0.15, -0.1) is 0 Å². The van der Waals surface area contributed by atoms with Crippen molar-refractivity contribution in [2.75, 3.05) is 19.0 Å². The highest BCUT2D eigenvalue weighted by molar-refractivity contribution is 5.94. The minimum atomic E-state index is -1.05. The van der Waals surface area contributed by atoms with Gasteiger partial charge < -0.3 is 25.5 Å². The predicted octanol–water partition coefficient (Wildman–Crippen LogP) is 3.10. The maximum absolute atomic E-state index is 12.2. The van der Waals surface area contributed by atoms with Gasteiger partial charge in [0.25, 0.3) is 0 Å². The Morgan fingerprint density at radius 1 is 1.17 bits per heavy atom. The molecule has 3 rings (SSSR count).